The van der Waals surface area contributed by atoms with E-state index in [2.05, 4.69) is 5.92 Å². The molecule has 0 aliphatic heterocycles. The molecule has 88 valence electrons. The maximum atomic E-state index is 11.8. The Hall–Kier alpha value is -1.08. The molecule has 0 aromatic heterocycles. The number of terminal acetylenes is 1. The second kappa shape index (κ2) is 7.38. The molecule has 3 nitrogen and oxygen atoms in total. The van der Waals surface area contributed by atoms with E-state index >= 15 is 0 Å². The molecule has 1 atom stereocenters. The number of carboxylic acid groups (broad SMARTS) is 1. The van der Waals surface area contributed by atoms with E-state index in [0.29, 0.717) is 12.0 Å². The topological polar surface area (TPSA) is 57.2 Å². The predicted molar refractivity (Wildman–Crippen MR) is 61.9 cm³/mol. The smallest absolute Gasteiger partial charge is 0.542 e. The molecule has 0 heterocycles. The van der Waals surface area contributed by atoms with Gasteiger partial charge in [-0.25, -0.2) is 0 Å². The normalized spacial score (nSPS) is 12.7. The molecule has 0 N–H and O–H groups in total. The predicted octanol–water partition coefficient (Wildman–Crippen LogP) is -2.32. The third-order valence-corrected chi connectivity index (χ3v) is 2.95. The van der Waals surface area contributed by atoms with Gasteiger partial charge >= 0.3 is 29.6 Å². The van der Waals surface area contributed by atoms with Crippen LogP contribution in [0.3, 0.4) is 0 Å². The van der Waals surface area contributed by atoms with Crippen LogP contribution in [0.15, 0.2) is 30.3 Å². The van der Waals surface area contributed by atoms with Gasteiger partial charge in [-0.1, -0.05) is 37.3 Å². The summed E-state index contributed by atoms with van der Waals surface area (Å²) in [5, 5.41) is 10.8. The van der Waals surface area contributed by atoms with Gasteiger partial charge in [-0.3, -0.25) is 4.79 Å². The summed E-state index contributed by atoms with van der Waals surface area (Å²) in [5.41, 5.74) is -0.552. The number of hydrogen-bond donors (Lipinski definition) is 0. The summed E-state index contributed by atoms with van der Waals surface area (Å²) in [7, 11) is 0. The Bertz CT molecular complexity index is 462. The average Bonchev–Trinajstić information content (AvgIpc) is 2.36. The fraction of sp³-hybridized carbons (Fsp3) is 0.286. The number of rotatable bonds is 5. The SMILES string of the molecule is C#CCC(CC)(C(=O)C(=O)[O-])c1ccccc1.[Na+]. The molecular weight excluding hydrogens is 239 g/mol. The zero-order valence-corrected chi connectivity index (χ0v) is 12.6. The van der Waals surface area contributed by atoms with Crippen LogP contribution in [-0.2, 0) is 15.0 Å². The number of aliphatic carboxylic acids is 1. The summed E-state index contributed by atoms with van der Waals surface area (Å²) >= 11 is 0. The first-order chi connectivity index (χ1) is 8.08. The van der Waals surface area contributed by atoms with Crippen LogP contribution in [0.5, 0.6) is 0 Å². The molecule has 1 aromatic carbocycles. The Morgan fingerprint density at radius 3 is 2.28 bits per heavy atom. The first-order valence-electron chi connectivity index (χ1n) is 5.33. The van der Waals surface area contributed by atoms with Gasteiger partial charge in [0, 0.05) is 6.42 Å². The van der Waals surface area contributed by atoms with Crippen LogP contribution in [0.25, 0.3) is 0 Å². The molecule has 0 saturated carbocycles. The Morgan fingerprint density at radius 1 is 1.33 bits per heavy atom. The molecule has 1 aromatic rings. The van der Waals surface area contributed by atoms with E-state index in [-0.39, 0.29) is 36.0 Å². The Kier molecular flexibility index (Phi) is 6.93. The van der Waals surface area contributed by atoms with Crippen LogP contribution in [-0.4, -0.2) is 11.8 Å². The van der Waals surface area contributed by atoms with Gasteiger partial charge in [-0.15, -0.1) is 12.3 Å². The monoisotopic (exact) mass is 252 g/mol. The van der Waals surface area contributed by atoms with E-state index in [0.717, 1.165) is 0 Å². The fourth-order valence-electron chi connectivity index (χ4n) is 1.93. The van der Waals surface area contributed by atoms with Crippen LogP contribution in [0.4, 0.5) is 0 Å². The molecule has 1 unspecified atom stereocenters. The van der Waals surface area contributed by atoms with Crippen molar-refractivity contribution in [1.82, 2.24) is 0 Å². The quantitative estimate of drug-likeness (QED) is 0.336. The van der Waals surface area contributed by atoms with E-state index in [9.17, 15) is 14.7 Å². The molecule has 0 fully saturated rings. The minimum atomic E-state index is -1.69. The number of carbonyl (C=O) groups is 2. The number of hydrogen-bond acceptors (Lipinski definition) is 3. The van der Waals surface area contributed by atoms with Gasteiger partial charge in [-0.2, -0.15) is 0 Å². The zero-order chi connectivity index (χ0) is 12.9. The number of benzene rings is 1. The van der Waals surface area contributed by atoms with Crippen LogP contribution in [0, 0.1) is 12.3 Å². The van der Waals surface area contributed by atoms with Crippen molar-refractivity contribution < 1.29 is 44.3 Å². The third kappa shape index (κ3) is 3.23. The van der Waals surface area contributed by atoms with E-state index in [4.69, 9.17) is 6.42 Å². The maximum absolute atomic E-state index is 11.8. The number of carbonyl (C=O) groups excluding carboxylic acids is 2. The van der Waals surface area contributed by atoms with Gasteiger partial charge in [0.15, 0.2) is 5.78 Å². The fourth-order valence-corrected chi connectivity index (χ4v) is 1.93. The van der Waals surface area contributed by atoms with Crippen LogP contribution in [0.2, 0.25) is 0 Å². The van der Waals surface area contributed by atoms with E-state index in [1.807, 2.05) is 0 Å². The summed E-state index contributed by atoms with van der Waals surface area (Å²) in [6.07, 6.45) is 5.63. The van der Waals surface area contributed by atoms with Crippen molar-refractivity contribution in [2.24, 2.45) is 0 Å². The molecular formula is C14H13NaO3. The van der Waals surface area contributed by atoms with Crippen molar-refractivity contribution in [1.29, 1.82) is 0 Å². The van der Waals surface area contributed by atoms with Crippen molar-refractivity contribution in [3.05, 3.63) is 35.9 Å². The maximum Gasteiger partial charge on any atom is 1.00 e. The molecule has 4 heteroatoms. The molecule has 0 aliphatic rings. The summed E-state index contributed by atoms with van der Waals surface area (Å²) < 4.78 is 0. The minimum absolute atomic E-state index is 0. The minimum Gasteiger partial charge on any atom is -0.542 e. The van der Waals surface area contributed by atoms with E-state index in [1.165, 1.54) is 0 Å². The van der Waals surface area contributed by atoms with Crippen molar-refractivity contribution in [2.45, 2.75) is 25.2 Å². The Labute approximate surface area is 129 Å². The first-order valence-corrected chi connectivity index (χ1v) is 5.33. The third-order valence-electron chi connectivity index (χ3n) is 2.95. The van der Waals surface area contributed by atoms with Crippen LogP contribution >= 0.6 is 0 Å². The molecule has 0 spiro atoms. The summed E-state index contributed by atoms with van der Waals surface area (Å²) in [5.74, 6) is -0.262. The van der Waals surface area contributed by atoms with E-state index < -0.39 is 17.2 Å². The second-order valence-corrected chi connectivity index (χ2v) is 3.80. The molecule has 0 bridgehead atoms. The number of ketones is 1. The summed E-state index contributed by atoms with van der Waals surface area (Å²) in [4.78, 5) is 22.7. The van der Waals surface area contributed by atoms with Gasteiger partial charge < -0.3 is 9.90 Å². The van der Waals surface area contributed by atoms with Crippen LogP contribution in [0.1, 0.15) is 25.3 Å². The molecule has 0 radical (unpaired) electrons. The largest absolute Gasteiger partial charge is 1.00 e. The second-order valence-electron chi connectivity index (χ2n) is 3.80. The summed E-state index contributed by atoms with van der Waals surface area (Å²) in [6, 6.07) is 8.71. The van der Waals surface area contributed by atoms with Gasteiger partial charge in [0.05, 0.1) is 5.41 Å². The first kappa shape index (κ1) is 16.9. The van der Waals surface area contributed by atoms with Gasteiger partial charge in [0.25, 0.3) is 0 Å². The molecule has 18 heavy (non-hydrogen) atoms. The Morgan fingerprint density at radius 2 is 1.89 bits per heavy atom. The number of carboxylic acids is 1. The van der Waals surface area contributed by atoms with Gasteiger partial charge in [0.2, 0.25) is 0 Å². The molecule has 1 rings (SSSR count). The summed E-state index contributed by atoms with van der Waals surface area (Å²) in [6.45, 7) is 1.74. The molecule has 0 aliphatic carbocycles. The van der Waals surface area contributed by atoms with Gasteiger partial charge in [-0.05, 0) is 12.0 Å². The van der Waals surface area contributed by atoms with Gasteiger partial charge in [0.1, 0.15) is 5.97 Å². The van der Waals surface area contributed by atoms with Crippen LogP contribution < -0.4 is 34.7 Å². The van der Waals surface area contributed by atoms with E-state index in [1.54, 1.807) is 37.3 Å². The zero-order valence-electron chi connectivity index (χ0n) is 10.6. The van der Waals surface area contributed by atoms with Crippen molar-refractivity contribution in [3.63, 3.8) is 0 Å². The standard InChI is InChI=1S/C14H14O3.Na/c1-3-10-14(4-2,12(15)13(16)17)11-8-6-5-7-9-11;/h1,5-9H,4,10H2,2H3,(H,16,17);/q;+1/p-1. The van der Waals surface area contributed by atoms with Crippen molar-refractivity contribution in [3.8, 4) is 12.3 Å². The van der Waals surface area contributed by atoms with Crippen molar-refractivity contribution >= 4 is 11.8 Å². The molecule has 0 saturated heterocycles. The number of Topliss-reactive ketones (excluding diaryl/α,β-unsaturated/α-hetero) is 1. The Balaban J connectivity index is 0.00000289. The molecule has 0 amide bonds. The van der Waals surface area contributed by atoms with Crippen molar-refractivity contribution in [2.75, 3.05) is 0 Å². The average molecular weight is 252 g/mol.